The summed E-state index contributed by atoms with van der Waals surface area (Å²) in [5.41, 5.74) is 10.9. The molecule has 3 N–H and O–H groups in total. The minimum Gasteiger partial charge on any atom is -0.497 e. The summed E-state index contributed by atoms with van der Waals surface area (Å²) in [6.07, 6.45) is 0. The molecule has 0 aliphatic rings. The number of hydrogen-bond donors (Lipinski definition) is 2. The molecule has 0 unspecified atom stereocenters. The number of nitrogens with zero attached hydrogens (tertiary/aromatic N) is 6. The second kappa shape index (κ2) is 9.06. The van der Waals surface area contributed by atoms with Crippen LogP contribution in [0.3, 0.4) is 0 Å². The minimum atomic E-state index is -0.566. The van der Waals surface area contributed by atoms with Gasteiger partial charge < -0.3 is 10.5 Å². The van der Waals surface area contributed by atoms with Crippen molar-refractivity contribution in [1.82, 2.24) is 30.7 Å². The van der Waals surface area contributed by atoms with Crippen molar-refractivity contribution in [2.75, 3.05) is 12.8 Å². The number of nitrogens with one attached hydrogen (secondary N) is 1. The Bertz CT molecular complexity index is 1560. The van der Waals surface area contributed by atoms with Crippen LogP contribution in [0.15, 0.2) is 76.5 Å². The molecule has 0 fully saturated rings. The lowest BCUT2D eigenvalue weighted by Crippen LogP contribution is -2.21. The van der Waals surface area contributed by atoms with Crippen LogP contribution in [0.1, 0.15) is 23.0 Å². The van der Waals surface area contributed by atoms with Crippen molar-refractivity contribution >= 4 is 28.2 Å². The van der Waals surface area contributed by atoms with Gasteiger partial charge in [-0.2, -0.15) is 9.78 Å². The van der Waals surface area contributed by atoms with Gasteiger partial charge in [0.15, 0.2) is 5.69 Å². The van der Waals surface area contributed by atoms with Crippen molar-refractivity contribution in [3.8, 4) is 22.8 Å². The summed E-state index contributed by atoms with van der Waals surface area (Å²) in [5.74, 6) is 0.113. The van der Waals surface area contributed by atoms with Gasteiger partial charge in [0.1, 0.15) is 11.4 Å². The number of nitrogens with two attached hydrogens (primary N) is 1. The number of nitrogen functional groups attached to an aromatic ring is 1. The lowest BCUT2D eigenvalue weighted by atomic mass is 10.0. The van der Waals surface area contributed by atoms with E-state index in [0.717, 1.165) is 16.3 Å². The van der Waals surface area contributed by atoms with E-state index in [-0.39, 0.29) is 17.3 Å². The van der Waals surface area contributed by atoms with Crippen LogP contribution in [0, 0.1) is 0 Å². The van der Waals surface area contributed by atoms with Crippen molar-refractivity contribution in [2.45, 2.75) is 6.92 Å². The molecular formula is C24H20N8O3. The first kappa shape index (κ1) is 21.8. The number of carbonyl (C=O) groups excluding carboxylic acids is 1. The van der Waals surface area contributed by atoms with Gasteiger partial charge in [-0.15, -0.1) is 5.10 Å². The number of anilines is 1. The maximum atomic E-state index is 13.2. The molecule has 11 heteroatoms. The van der Waals surface area contributed by atoms with E-state index in [9.17, 15) is 4.79 Å². The highest BCUT2D eigenvalue weighted by Gasteiger charge is 2.25. The van der Waals surface area contributed by atoms with E-state index in [4.69, 9.17) is 15.1 Å². The Morgan fingerprint density at radius 2 is 1.89 bits per heavy atom. The zero-order valence-electron chi connectivity index (χ0n) is 18.8. The third kappa shape index (κ3) is 4.06. The van der Waals surface area contributed by atoms with Gasteiger partial charge in [-0.25, -0.2) is 10.1 Å². The third-order valence-electron chi connectivity index (χ3n) is 5.43. The van der Waals surface area contributed by atoms with Crippen LogP contribution >= 0.6 is 0 Å². The zero-order valence-corrected chi connectivity index (χ0v) is 18.8. The Hall–Kier alpha value is -5.06. The first-order valence-corrected chi connectivity index (χ1v) is 10.6. The number of ether oxygens (including phenoxy) is 1. The highest BCUT2D eigenvalue weighted by Crippen LogP contribution is 2.29. The molecule has 0 saturated heterocycles. The van der Waals surface area contributed by atoms with Gasteiger partial charge in [-0.3, -0.25) is 4.79 Å². The van der Waals surface area contributed by atoms with Gasteiger partial charge in [0.25, 0.3) is 5.91 Å². The topological polar surface area (TPSA) is 146 Å². The van der Waals surface area contributed by atoms with E-state index in [2.05, 4.69) is 31.2 Å². The maximum absolute atomic E-state index is 13.2. The number of hydrazone groups is 1. The lowest BCUT2D eigenvalue weighted by molar-refractivity contribution is 0.0950. The molecule has 2 heterocycles. The summed E-state index contributed by atoms with van der Waals surface area (Å²) < 4.78 is 11.3. The number of aromatic nitrogens is 5. The average Bonchev–Trinajstić information content (AvgIpc) is 3.52. The van der Waals surface area contributed by atoms with E-state index < -0.39 is 5.91 Å². The molecule has 1 amide bonds. The molecule has 11 nitrogen and oxygen atoms in total. The highest BCUT2D eigenvalue weighted by molar-refractivity contribution is 6.10. The van der Waals surface area contributed by atoms with E-state index in [0.29, 0.717) is 22.7 Å². The third-order valence-corrected chi connectivity index (χ3v) is 5.43. The summed E-state index contributed by atoms with van der Waals surface area (Å²) in [6.45, 7) is 1.82. The van der Waals surface area contributed by atoms with Crippen LogP contribution in [-0.2, 0) is 0 Å². The number of amides is 1. The quantitative estimate of drug-likeness (QED) is 0.285. The first-order valence-electron chi connectivity index (χ1n) is 10.6. The van der Waals surface area contributed by atoms with Gasteiger partial charge in [0.2, 0.25) is 11.6 Å². The summed E-state index contributed by atoms with van der Waals surface area (Å²) in [5, 5.41) is 22.0. The van der Waals surface area contributed by atoms with Crippen molar-refractivity contribution < 1.29 is 14.2 Å². The molecule has 0 saturated carbocycles. The van der Waals surface area contributed by atoms with Gasteiger partial charge in [-0.05, 0) is 40.1 Å². The van der Waals surface area contributed by atoms with Crippen LogP contribution in [0.4, 0.5) is 5.82 Å². The normalized spacial score (nSPS) is 11.5. The molecule has 2 aromatic heterocycles. The Morgan fingerprint density at radius 1 is 1.09 bits per heavy atom. The number of methoxy groups -OCH3 is 1. The fourth-order valence-corrected chi connectivity index (χ4v) is 3.74. The second-order valence-electron chi connectivity index (χ2n) is 7.57. The predicted molar refractivity (Wildman–Crippen MR) is 129 cm³/mol. The smallest absolute Gasteiger partial charge is 0.294 e. The average molecular weight is 468 g/mol. The molecule has 0 aliphatic carbocycles. The minimum absolute atomic E-state index is 0.00387. The number of carbonyl (C=O) groups is 1. The Kier molecular flexibility index (Phi) is 5.63. The number of hydrogen-bond acceptors (Lipinski definition) is 9. The SMILES string of the molecule is COc1cccc(-c2c(C(=O)NN=C(C)c3cccc4ccccc34)nnn2-c2nonc2N)c1. The predicted octanol–water partition coefficient (Wildman–Crippen LogP) is 3.22. The Labute approximate surface area is 199 Å². The number of benzene rings is 3. The van der Waals surface area contributed by atoms with Gasteiger partial charge in [0.05, 0.1) is 12.8 Å². The number of fused-ring (bicyclic) bond motifs is 1. The van der Waals surface area contributed by atoms with E-state index in [1.165, 1.54) is 4.68 Å². The molecule has 5 aromatic rings. The largest absolute Gasteiger partial charge is 0.497 e. The molecule has 5 rings (SSSR count). The van der Waals surface area contributed by atoms with Crippen LogP contribution in [0.25, 0.3) is 27.8 Å². The zero-order chi connectivity index (χ0) is 24.4. The molecule has 3 aromatic carbocycles. The molecule has 174 valence electrons. The van der Waals surface area contributed by atoms with Crippen LogP contribution in [-0.4, -0.2) is 44.0 Å². The summed E-state index contributed by atoms with van der Waals surface area (Å²) in [6, 6.07) is 21.0. The summed E-state index contributed by atoms with van der Waals surface area (Å²) in [4.78, 5) is 13.2. The van der Waals surface area contributed by atoms with Crippen molar-refractivity contribution in [1.29, 1.82) is 0 Å². The van der Waals surface area contributed by atoms with E-state index in [1.54, 1.807) is 31.4 Å². The molecule has 35 heavy (non-hydrogen) atoms. The molecule has 0 radical (unpaired) electrons. The second-order valence-corrected chi connectivity index (χ2v) is 7.57. The molecule has 0 aliphatic heterocycles. The lowest BCUT2D eigenvalue weighted by Gasteiger charge is -2.08. The fourth-order valence-electron chi connectivity index (χ4n) is 3.74. The molecule has 0 atom stereocenters. The van der Waals surface area contributed by atoms with Gasteiger partial charge in [0, 0.05) is 11.1 Å². The fraction of sp³-hybridized carbons (Fsp3) is 0.0833. The van der Waals surface area contributed by atoms with E-state index in [1.807, 2.05) is 49.4 Å². The van der Waals surface area contributed by atoms with Crippen LogP contribution in [0.2, 0.25) is 0 Å². The van der Waals surface area contributed by atoms with Crippen molar-refractivity contribution in [3.63, 3.8) is 0 Å². The highest BCUT2D eigenvalue weighted by atomic mass is 16.6. The Morgan fingerprint density at radius 3 is 2.69 bits per heavy atom. The van der Waals surface area contributed by atoms with Crippen molar-refractivity contribution in [2.24, 2.45) is 5.10 Å². The van der Waals surface area contributed by atoms with E-state index >= 15 is 0 Å². The first-order chi connectivity index (χ1) is 17.1. The standard InChI is InChI=1S/C24H20N8O3/c1-14(18-12-6-8-15-7-3-4-11-19(15)18)26-28-24(33)20-21(16-9-5-10-17(13-16)34-2)32(31-27-20)23-22(25)29-35-30-23/h3-13H,1-2H3,(H2,25,29)(H,28,33). The van der Waals surface area contributed by atoms with Crippen molar-refractivity contribution in [3.05, 3.63) is 78.0 Å². The molecular weight excluding hydrogens is 448 g/mol. The summed E-state index contributed by atoms with van der Waals surface area (Å²) >= 11 is 0. The summed E-state index contributed by atoms with van der Waals surface area (Å²) in [7, 11) is 1.55. The van der Waals surface area contributed by atoms with Crippen LogP contribution < -0.4 is 15.9 Å². The monoisotopic (exact) mass is 468 g/mol. The van der Waals surface area contributed by atoms with Crippen LogP contribution in [0.5, 0.6) is 5.75 Å². The number of rotatable bonds is 6. The maximum Gasteiger partial charge on any atom is 0.294 e. The molecule has 0 bridgehead atoms. The molecule has 0 spiro atoms. The Balaban J connectivity index is 1.53. The van der Waals surface area contributed by atoms with Gasteiger partial charge in [-0.1, -0.05) is 59.8 Å². The van der Waals surface area contributed by atoms with Gasteiger partial charge >= 0.3 is 0 Å².